The van der Waals surface area contributed by atoms with Crippen molar-refractivity contribution in [1.29, 1.82) is 0 Å². The molecular weight excluding hydrogens is 246 g/mol. The van der Waals surface area contributed by atoms with Crippen LogP contribution in [0.1, 0.15) is 20.8 Å². The van der Waals surface area contributed by atoms with Gasteiger partial charge in [-0.25, -0.2) is 4.79 Å². The molecule has 1 unspecified atom stereocenters. The van der Waals surface area contributed by atoms with Gasteiger partial charge in [0.25, 0.3) is 0 Å². The van der Waals surface area contributed by atoms with Gasteiger partial charge in [-0.1, -0.05) is 18.2 Å². The van der Waals surface area contributed by atoms with Gasteiger partial charge in [0.15, 0.2) is 0 Å². The third-order valence-corrected chi connectivity index (χ3v) is 2.07. The maximum Gasteiger partial charge on any atom is 0.407 e. The molecule has 0 aromatic heterocycles. The van der Waals surface area contributed by atoms with Crippen LogP contribution in [0.3, 0.4) is 0 Å². The smallest absolute Gasteiger partial charge is 0.407 e. The lowest BCUT2D eigenvalue weighted by molar-refractivity contribution is 0.0463. The van der Waals surface area contributed by atoms with Crippen LogP contribution in [0.5, 0.6) is 5.75 Å². The number of ether oxygens (including phenoxy) is 2. The number of carbonyl (C=O) groups excluding carboxylic acids is 1. The van der Waals surface area contributed by atoms with Crippen LogP contribution in [0, 0.1) is 0 Å². The summed E-state index contributed by atoms with van der Waals surface area (Å²) in [6, 6.07) is 9.18. The van der Waals surface area contributed by atoms with Crippen molar-refractivity contribution < 1.29 is 19.4 Å². The molecule has 0 bridgehead atoms. The molecule has 0 saturated heterocycles. The number of para-hydroxylation sites is 1. The quantitative estimate of drug-likeness (QED) is 0.855. The summed E-state index contributed by atoms with van der Waals surface area (Å²) in [7, 11) is 0. The molecule has 0 radical (unpaired) electrons. The van der Waals surface area contributed by atoms with Crippen molar-refractivity contribution in [2.24, 2.45) is 0 Å². The molecule has 19 heavy (non-hydrogen) atoms. The average Bonchev–Trinajstić information content (AvgIpc) is 2.33. The van der Waals surface area contributed by atoms with E-state index in [-0.39, 0.29) is 13.2 Å². The number of hydrogen-bond acceptors (Lipinski definition) is 4. The minimum atomic E-state index is -0.785. The SMILES string of the molecule is CC(C)(C)OC(=O)NCC(O)COc1ccccc1. The number of benzene rings is 1. The van der Waals surface area contributed by atoms with Crippen molar-refractivity contribution in [1.82, 2.24) is 5.32 Å². The molecule has 1 aromatic rings. The number of hydrogen-bond donors (Lipinski definition) is 2. The fraction of sp³-hybridized carbons (Fsp3) is 0.500. The van der Waals surface area contributed by atoms with Gasteiger partial charge < -0.3 is 19.9 Å². The van der Waals surface area contributed by atoms with Gasteiger partial charge in [-0.05, 0) is 32.9 Å². The van der Waals surface area contributed by atoms with Crippen molar-refractivity contribution in [3.8, 4) is 5.75 Å². The Bertz CT molecular complexity index is 386. The first-order valence-corrected chi connectivity index (χ1v) is 6.19. The zero-order chi connectivity index (χ0) is 14.3. The molecule has 1 atom stereocenters. The molecule has 5 nitrogen and oxygen atoms in total. The second kappa shape index (κ2) is 6.99. The third kappa shape index (κ3) is 7.31. The molecule has 1 aromatic carbocycles. The second-order valence-electron chi connectivity index (χ2n) is 5.16. The molecule has 106 valence electrons. The number of rotatable bonds is 5. The van der Waals surface area contributed by atoms with E-state index in [1.165, 1.54) is 0 Å². The molecule has 2 N–H and O–H groups in total. The molecule has 0 heterocycles. The van der Waals surface area contributed by atoms with E-state index in [4.69, 9.17) is 9.47 Å². The Morgan fingerprint density at radius 1 is 1.32 bits per heavy atom. The molecule has 0 spiro atoms. The molecule has 0 aliphatic heterocycles. The summed E-state index contributed by atoms with van der Waals surface area (Å²) < 4.78 is 10.4. The van der Waals surface area contributed by atoms with E-state index in [0.717, 1.165) is 0 Å². The first-order chi connectivity index (χ1) is 8.87. The molecular formula is C14H21NO4. The van der Waals surface area contributed by atoms with Gasteiger partial charge in [0.2, 0.25) is 0 Å². The van der Waals surface area contributed by atoms with E-state index in [1.54, 1.807) is 32.9 Å². The maximum absolute atomic E-state index is 11.4. The van der Waals surface area contributed by atoms with Gasteiger partial charge in [0.1, 0.15) is 24.1 Å². The summed E-state index contributed by atoms with van der Waals surface area (Å²) >= 11 is 0. The van der Waals surface area contributed by atoms with Gasteiger partial charge in [-0.3, -0.25) is 0 Å². The lowest BCUT2D eigenvalue weighted by Gasteiger charge is -2.20. The summed E-state index contributed by atoms with van der Waals surface area (Å²) in [4.78, 5) is 11.4. The van der Waals surface area contributed by atoms with Crippen LogP contribution in [0.15, 0.2) is 30.3 Å². The highest BCUT2D eigenvalue weighted by atomic mass is 16.6. The van der Waals surface area contributed by atoms with Crippen molar-refractivity contribution in [2.45, 2.75) is 32.5 Å². The van der Waals surface area contributed by atoms with Gasteiger partial charge in [0, 0.05) is 0 Å². The maximum atomic E-state index is 11.4. The van der Waals surface area contributed by atoms with Crippen LogP contribution in [-0.2, 0) is 4.74 Å². The number of amides is 1. The highest BCUT2D eigenvalue weighted by Crippen LogP contribution is 2.08. The van der Waals surface area contributed by atoms with E-state index in [0.29, 0.717) is 5.75 Å². The topological polar surface area (TPSA) is 67.8 Å². The number of aliphatic hydroxyl groups excluding tert-OH is 1. The molecule has 0 aliphatic rings. The van der Waals surface area contributed by atoms with Crippen LogP contribution in [-0.4, -0.2) is 36.1 Å². The second-order valence-corrected chi connectivity index (χ2v) is 5.16. The Hall–Kier alpha value is -1.75. The monoisotopic (exact) mass is 267 g/mol. The minimum absolute atomic E-state index is 0.0851. The molecule has 0 saturated carbocycles. The summed E-state index contributed by atoms with van der Waals surface area (Å²) in [5.74, 6) is 0.679. The average molecular weight is 267 g/mol. The van der Waals surface area contributed by atoms with E-state index in [1.807, 2.05) is 18.2 Å². The zero-order valence-corrected chi connectivity index (χ0v) is 11.6. The predicted octanol–water partition coefficient (Wildman–Crippen LogP) is 1.95. The Morgan fingerprint density at radius 3 is 2.53 bits per heavy atom. The highest BCUT2D eigenvalue weighted by Gasteiger charge is 2.16. The fourth-order valence-corrected chi connectivity index (χ4v) is 1.28. The normalized spacial score (nSPS) is 12.6. The minimum Gasteiger partial charge on any atom is -0.491 e. The van der Waals surface area contributed by atoms with Crippen molar-refractivity contribution >= 4 is 6.09 Å². The molecule has 1 rings (SSSR count). The molecule has 5 heteroatoms. The predicted molar refractivity (Wildman–Crippen MR) is 72.2 cm³/mol. The Kier molecular flexibility index (Phi) is 5.63. The number of alkyl carbamates (subject to hydrolysis) is 1. The highest BCUT2D eigenvalue weighted by molar-refractivity contribution is 5.67. The van der Waals surface area contributed by atoms with E-state index in [9.17, 15) is 9.90 Å². The summed E-state index contributed by atoms with van der Waals surface area (Å²) in [6.45, 7) is 5.53. The first kappa shape index (κ1) is 15.3. The van der Waals surface area contributed by atoms with Crippen LogP contribution in [0.2, 0.25) is 0 Å². The van der Waals surface area contributed by atoms with Crippen molar-refractivity contribution in [2.75, 3.05) is 13.2 Å². The third-order valence-electron chi connectivity index (χ3n) is 2.07. The van der Waals surface area contributed by atoms with E-state index in [2.05, 4.69) is 5.32 Å². The number of nitrogens with one attached hydrogen (secondary N) is 1. The summed E-state index contributed by atoms with van der Waals surface area (Å²) in [5.41, 5.74) is -0.546. The standard InChI is InChI=1S/C14H21NO4/c1-14(2,3)19-13(17)15-9-11(16)10-18-12-7-5-4-6-8-12/h4-8,11,16H,9-10H2,1-3H3,(H,15,17). The molecule has 0 aliphatic carbocycles. The number of aliphatic hydroxyl groups is 1. The zero-order valence-electron chi connectivity index (χ0n) is 11.6. The summed E-state index contributed by atoms with van der Waals surface area (Å²) in [6.07, 6.45) is -1.33. The lowest BCUT2D eigenvalue weighted by atomic mass is 10.2. The fourth-order valence-electron chi connectivity index (χ4n) is 1.28. The Labute approximate surface area is 113 Å². The van der Waals surface area contributed by atoms with Gasteiger partial charge >= 0.3 is 6.09 Å². The van der Waals surface area contributed by atoms with Crippen molar-refractivity contribution in [3.05, 3.63) is 30.3 Å². The largest absolute Gasteiger partial charge is 0.491 e. The van der Waals surface area contributed by atoms with Crippen LogP contribution >= 0.6 is 0 Å². The molecule has 0 fully saturated rings. The first-order valence-electron chi connectivity index (χ1n) is 6.19. The van der Waals surface area contributed by atoms with Crippen LogP contribution in [0.25, 0.3) is 0 Å². The Balaban J connectivity index is 2.21. The summed E-state index contributed by atoms with van der Waals surface area (Å²) in [5, 5.41) is 12.1. The van der Waals surface area contributed by atoms with E-state index >= 15 is 0 Å². The number of carbonyl (C=O) groups is 1. The van der Waals surface area contributed by atoms with Gasteiger partial charge in [-0.15, -0.1) is 0 Å². The van der Waals surface area contributed by atoms with Crippen LogP contribution < -0.4 is 10.1 Å². The van der Waals surface area contributed by atoms with Gasteiger partial charge in [0.05, 0.1) is 6.54 Å². The van der Waals surface area contributed by atoms with Crippen molar-refractivity contribution in [3.63, 3.8) is 0 Å². The van der Waals surface area contributed by atoms with E-state index < -0.39 is 17.8 Å². The Morgan fingerprint density at radius 2 is 1.95 bits per heavy atom. The molecule has 1 amide bonds. The van der Waals surface area contributed by atoms with Crippen LogP contribution in [0.4, 0.5) is 4.79 Å². The van der Waals surface area contributed by atoms with Gasteiger partial charge in [-0.2, -0.15) is 0 Å². The lowest BCUT2D eigenvalue weighted by Crippen LogP contribution is -2.38.